The summed E-state index contributed by atoms with van der Waals surface area (Å²) in [6.07, 6.45) is 3.49. The van der Waals surface area contributed by atoms with Gasteiger partial charge in [-0.2, -0.15) is 0 Å². The second-order valence-electron chi connectivity index (χ2n) is 2.51. The van der Waals surface area contributed by atoms with Crippen LogP contribution in [0.25, 0.3) is 5.82 Å². The quantitative estimate of drug-likeness (QED) is 0.711. The van der Waals surface area contributed by atoms with Crippen molar-refractivity contribution in [3.63, 3.8) is 0 Å². The van der Waals surface area contributed by atoms with E-state index in [1.165, 1.54) is 0 Å². The number of aromatic nitrogens is 2. The van der Waals surface area contributed by atoms with Crippen LogP contribution in [0.15, 0.2) is 36.7 Å². The lowest BCUT2D eigenvalue weighted by Crippen LogP contribution is -1.95. The summed E-state index contributed by atoms with van der Waals surface area (Å²) in [7, 11) is 0. The first-order valence-corrected chi connectivity index (χ1v) is 4.48. The molecule has 0 aliphatic carbocycles. The lowest BCUT2D eigenvalue weighted by molar-refractivity contribution is 1.01. The van der Waals surface area contributed by atoms with Crippen LogP contribution in [-0.4, -0.2) is 9.55 Å². The zero-order valence-corrected chi connectivity index (χ0v) is 8.13. The van der Waals surface area contributed by atoms with Crippen LogP contribution in [-0.2, 0) is 0 Å². The molecule has 0 radical (unpaired) electrons. The third-order valence-corrected chi connectivity index (χ3v) is 2.27. The molecule has 2 aromatic heterocycles. The molecule has 0 N–H and O–H groups in total. The van der Waals surface area contributed by atoms with E-state index in [4.69, 9.17) is 23.2 Å². The summed E-state index contributed by atoms with van der Waals surface area (Å²) in [4.78, 5) is 4.13. The highest BCUT2D eigenvalue weighted by atomic mass is 35.5. The molecule has 0 aliphatic heterocycles. The van der Waals surface area contributed by atoms with Crippen molar-refractivity contribution in [3.8, 4) is 5.82 Å². The number of nitrogens with zero attached hydrogens (tertiary/aromatic N) is 2. The second-order valence-corrected chi connectivity index (χ2v) is 3.30. The van der Waals surface area contributed by atoms with Crippen LogP contribution in [0.2, 0.25) is 10.2 Å². The summed E-state index contributed by atoms with van der Waals surface area (Å²) in [6.45, 7) is 0. The van der Waals surface area contributed by atoms with Crippen LogP contribution >= 0.6 is 23.2 Å². The van der Waals surface area contributed by atoms with Crippen molar-refractivity contribution in [2.24, 2.45) is 0 Å². The van der Waals surface area contributed by atoms with Crippen molar-refractivity contribution in [3.05, 3.63) is 46.8 Å². The second kappa shape index (κ2) is 3.40. The molecule has 0 aromatic carbocycles. The maximum absolute atomic E-state index is 5.95. The lowest BCUT2D eigenvalue weighted by atomic mass is 10.4. The lowest BCUT2D eigenvalue weighted by Gasteiger charge is -2.04. The maximum atomic E-state index is 5.95. The summed E-state index contributed by atoms with van der Waals surface area (Å²) >= 11 is 11.9. The molecule has 66 valence electrons. The van der Waals surface area contributed by atoms with E-state index in [0.29, 0.717) is 16.0 Å². The van der Waals surface area contributed by atoms with Crippen LogP contribution < -0.4 is 0 Å². The first-order chi connectivity index (χ1) is 6.29. The topological polar surface area (TPSA) is 17.8 Å². The SMILES string of the molecule is Clc1cccnc1-n1cccc1Cl. The summed E-state index contributed by atoms with van der Waals surface area (Å²) in [5.74, 6) is 0.652. The molecule has 0 saturated carbocycles. The Labute approximate surface area is 85.7 Å². The molecule has 2 aromatic rings. The van der Waals surface area contributed by atoms with E-state index in [-0.39, 0.29) is 0 Å². The number of halogens is 2. The molecule has 0 aliphatic rings. The van der Waals surface area contributed by atoms with Crippen LogP contribution in [0.3, 0.4) is 0 Å². The standard InChI is InChI=1S/C9H6Cl2N2/c10-7-3-1-5-12-9(7)13-6-2-4-8(13)11/h1-6H. The molecule has 2 heterocycles. The third-order valence-electron chi connectivity index (χ3n) is 1.67. The van der Waals surface area contributed by atoms with Gasteiger partial charge in [-0.25, -0.2) is 4.98 Å². The molecule has 0 atom stereocenters. The van der Waals surface area contributed by atoms with Gasteiger partial charge in [0.05, 0.1) is 5.02 Å². The monoisotopic (exact) mass is 212 g/mol. The molecule has 0 fully saturated rings. The number of hydrogen-bond acceptors (Lipinski definition) is 1. The Morgan fingerprint density at radius 2 is 2.00 bits per heavy atom. The van der Waals surface area contributed by atoms with Gasteiger partial charge in [0, 0.05) is 12.4 Å². The summed E-state index contributed by atoms with van der Waals surface area (Å²) in [5.41, 5.74) is 0. The number of rotatable bonds is 1. The minimum atomic E-state index is 0.584. The fraction of sp³-hybridized carbons (Fsp3) is 0. The average molecular weight is 213 g/mol. The Morgan fingerprint density at radius 1 is 1.15 bits per heavy atom. The van der Waals surface area contributed by atoms with Crippen molar-refractivity contribution >= 4 is 23.2 Å². The predicted molar refractivity (Wildman–Crippen MR) is 53.6 cm³/mol. The Hall–Kier alpha value is -0.990. The molecule has 0 saturated heterocycles. The Kier molecular flexibility index (Phi) is 2.25. The van der Waals surface area contributed by atoms with Crippen LogP contribution in [0.1, 0.15) is 0 Å². The van der Waals surface area contributed by atoms with Gasteiger partial charge >= 0.3 is 0 Å². The predicted octanol–water partition coefficient (Wildman–Crippen LogP) is 3.18. The van der Waals surface area contributed by atoms with Gasteiger partial charge in [0.15, 0.2) is 5.82 Å². The van der Waals surface area contributed by atoms with Crippen LogP contribution in [0.5, 0.6) is 0 Å². The Morgan fingerprint density at radius 3 is 2.62 bits per heavy atom. The van der Waals surface area contributed by atoms with Gasteiger partial charge in [0.25, 0.3) is 0 Å². The first kappa shape index (κ1) is 8.60. The van der Waals surface area contributed by atoms with Crippen molar-refractivity contribution in [2.45, 2.75) is 0 Å². The third kappa shape index (κ3) is 1.55. The van der Waals surface area contributed by atoms with E-state index in [9.17, 15) is 0 Å². The van der Waals surface area contributed by atoms with Gasteiger partial charge in [-0.3, -0.25) is 4.57 Å². The molecule has 2 rings (SSSR count). The van der Waals surface area contributed by atoms with Gasteiger partial charge < -0.3 is 0 Å². The zero-order chi connectivity index (χ0) is 9.26. The highest BCUT2D eigenvalue weighted by Crippen LogP contribution is 2.21. The minimum absolute atomic E-state index is 0.584. The van der Waals surface area contributed by atoms with E-state index in [2.05, 4.69) is 4.98 Å². The molecular formula is C9H6Cl2N2. The number of hydrogen-bond donors (Lipinski definition) is 0. The number of pyridine rings is 1. The molecule has 2 nitrogen and oxygen atoms in total. The summed E-state index contributed by atoms with van der Waals surface area (Å²) in [6, 6.07) is 7.18. The fourth-order valence-electron chi connectivity index (χ4n) is 1.09. The van der Waals surface area contributed by atoms with Crippen LogP contribution in [0.4, 0.5) is 0 Å². The highest BCUT2D eigenvalue weighted by molar-refractivity contribution is 6.33. The van der Waals surface area contributed by atoms with E-state index in [1.807, 2.05) is 12.3 Å². The normalized spacial score (nSPS) is 10.3. The van der Waals surface area contributed by atoms with Gasteiger partial charge in [0.2, 0.25) is 0 Å². The smallest absolute Gasteiger partial charge is 0.156 e. The Balaban J connectivity index is 2.59. The zero-order valence-electron chi connectivity index (χ0n) is 6.61. The Bertz CT molecular complexity index is 423. The van der Waals surface area contributed by atoms with Gasteiger partial charge in [-0.15, -0.1) is 0 Å². The fourth-order valence-corrected chi connectivity index (χ4v) is 1.51. The summed E-state index contributed by atoms with van der Waals surface area (Å²) < 4.78 is 1.73. The van der Waals surface area contributed by atoms with Crippen molar-refractivity contribution in [1.82, 2.24) is 9.55 Å². The van der Waals surface area contributed by atoms with Crippen molar-refractivity contribution in [2.75, 3.05) is 0 Å². The van der Waals surface area contributed by atoms with Crippen LogP contribution in [0, 0.1) is 0 Å². The minimum Gasteiger partial charge on any atom is -0.291 e. The highest BCUT2D eigenvalue weighted by Gasteiger charge is 2.04. The van der Waals surface area contributed by atoms with E-state index < -0.39 is 0 Å². The molecule has 0 bridgehead atoms. The van der Waals surface area contributed by atoms with Gasteiger partial charge in [-0.1, -0.05) is 23.2 Å². The van der Waals surface area contributed by atoms with E-state index in [0.717, 1.165) is 0 Å². The maximum Gasteiger partial charge on any atom is 0.156 e. The van der Waals surface area contributed by atoms with E-state index >= 15 is 0 Å². The molecule has 13 heavy (non-hydrogen) atoms. The molecule has 0 amide bonds. The van der Waals surface area contributed by atoms with Gasteiger partial charge in [-0.05, 0) is 24.3 Å². The molecule has 0 spiro atoms. The van der Waals surface area contributed by atoms with Crippen molar-refractivity contribution < 1.29 is 0 Å². The van der Waals surface area contributed by atoms with Gasteiger partial charge in [0.1, 0.15) is 5.15 Å². The summed E-state index contributed by atoms with van der Waals surface area (Å²) in [5, 5.41) is 1.18. The molecule has 4 heteroatoms. The average Bonchev–Trinajstić information content (AvgIpc) is 2.52. The molecule has 0 unspecified atom stereocenters. The van der Waals surface area contributed by atoms with E-state index in [1.54, 1.807) is 29.0 Å². The largest absolute Gasteiger partial charge is 0.291 e. The van der Waals surface area contributed by atoms with Crippen molar-refractivity contribution in [1.29, 1.82) is 0 Å². The molecular weight excluding hydrogens is 207 g/mol. The first-order valence-electron chi connectivity index (χ1n) is 3.73.